The number of carbonyl (C=O) groups is 1. The second-order valence-corrected chi connectivity index (χ2v) is 6.36. The minimum Gasteiger partial charge on any atom is -0.495 e. The molecular weight excluding hydrogens is 452 g/mol. The van der Waals surface area contributed by atoms with Gasteiger partial charge in [-0.05, 0) is 22.0 Å². The van der Waals surface area contributed by atoms with Gasteiger partial charge in [-0.25, -0.2) is 0 Å². The number of benzene rings is 2. The number of hydrogen-bond donors (Lipinski definition) is 2. The molecule has 0 saturated carbocycles. The Hall–Kier alpha value is -3.61. The molecule has 0 spiro atoms. The molecule has 2 aromatic carbocycles. The highest BCUT2D eigenvalue weighted by molar-refractivity contribution is 9.10. The molecule has 0 aliphatic heterocycles. The van der Waals surface area contributed by atoms with Crippen molar-refractivity contribution in [3.8, 4) is 5.75 Å². The lowest BCUT2D eigenvalue weighted by molar-refractivity contribution is -0.393. The summed E-state index contributed by atoms with van der Waals surface area (Å²) in [6, 6.07) is 4.92. The van der Waals surface area contributed by atoms with Gasteiger partial charge in [0.2, 0.25) is 5.91 Å². The van der Waals surface area contributed by atoms with Gasteiger partial charge in [0.25, 0.3) is 5.69 Å². The van der Waals surface area contributed by atoms with E-state index in [1.54, 1.807) is 13.1 Å². The summed E-state index contributed by atoms with van der Waals surface area (Å²) in [4.78, 5) is 32.2. The summed E-state index contributed by atoms with van der Waals surface area (Å²) in [7, 11) is 3.10. The van der Waals surface area contributed by atoms with Crippen LogP contribution in [-0.4, -0.2) is 29.9 Å². The van der Waals surface area contributed by atoms with Crippen molar-refractivity contribution in [2.24, 2.45) is 10.2 Å². The van der Waals surface area contributed by atoms with E-state index >= 15 is 0 Å². The van der Waals surface area contributed by atoms with Crippen molar-refractivity contribution >= 4 is 56.0 Å². The van der Waals surface area contributed by atoms with Crippen LogP contribution >= 0.6 is 15.9 Å². The van der Waals surface area contributed by atoms with E-state index in [1.807, 2.05) is 0 Å². The SMILES string of the molecule is CNc1cc(NC(C)=O)c(N=Nc2c(Br)cc([N+](=O)[O-])cc2[N+](=O)[O-])cc1OC. The maximum Gasteiger partial charge on any atom is 0.304 e. The van der Waals surface area contributed by atoms with Crippen LogP contribution in [0.5, 0.6) is 5.75 Å². The van der Waals surface area contributed by atoms with E-state index in [9.17, 15) is 25.0 Å². The number of anilines is 2. The molecule has 0 aromatic heterocycles. The number of amides is 1. The van der Waals surface area contributed by atoms with Crippen LogP contribution < -0.4 is 15.4 Å². The summed E-state index contributed by atoms with van der Waals surface area (Å²) in [5.41, 5.74) is -0.275. The van der Waals surface area contributed by atoms with E-state index in [1.165, 1.54) is 20.1 Å². The van der Waals surface area contributed by atoms with Crippen LogP contribution in [0.25, 0.3) is 0 Å². The van der Waals surface area contributed by atoms with Gasteiger partial charge in [-0.15, -0.1) is 10.2 Å². The van der Waals surface area contributed by atoms with E-state index in [2.05, 4.69) is 36.8 Å². The van der Waals surface area contributed by atoms with Gasteiger partial charge in [0, 0.05) is 26.1 Å². The third kappa shape index (κ3) is 5.01. The Balaban J connectivity index is 2.62. The number of methoxy groups -OCH3 is 1. The molecule has 0 fully saturated rings. The summed E-state index contributed by atoms with van der Waals surface area (Å²) in [5.74, 6) is 0.0315. The maximum absolute atomic E-state index is 11.5. The Morgan fingerprint density at radius 3 is 2.31 bits per heavy atom. The molecule has 1 amide bonds. The molecule has 0 unspecified atom stereocenters. The second-order valence-electron chi connectivity index (χ2n) is 5.51. The third-order valence-corrected chi connectivity index (χ3v) is 4.20. The Labute approximate surface area is 172 Å². The number of rotatable bonds is 7. The van der Waals surface area contributed by atoms with Gasteiger partial charge in [-0.3, -0.25) is 25.0 Å². The zero-order chi connectivity index (χ0) is 21.7. The molecular formula is C16H15BrN6O6. The summed E-state index contributed by atoms with van der Waals surface area (Å²) in [6.45, 7) is 1.31. The highest BCUT2D eigenvalue weighted by Gasteiger charge is 2.23. The van der Waals surface area contributed by atoms with E-state index in [4.69, 9.17) is 4.74 Å². The summed E-state index contributed by atoms with van der Waals surface area (Å²) < 4.78 is 5.26. The molecule has 0 bridgehead atoms. The molecule has 0 radical (unpaired) electrons. The first kappa shape index (κ1) is 21.7. The molecule has 0 heterocycles. The molecule has 152 valence electrons. The van der Waals surface area contributed by atoms with Crippen molar-refractivity contribution in [3.05, 3.63) is 49.0 Å². The average Bonchev–Trinajstić information content (AvgIpc) is 2.66. The van der Waals surface area contributed by atoms with Crippen molar-refractivity contribution in [2.45, 2.75) is 6.92 Å². The minimum atomic E-state index is -0.800. The van der Waals surface area contributed by atoms with Crippen molar-refractivity contribution in [3.63, 3.8) is 0 Å². The first-order valence-corrected chi connectivity index (χ1v) is 8.68. The van der Waals surface area contributed by atoms with Gasteiger partial charge in [0.05, 0.1) is 38.9 Å². The van der Waals surface area contributed by atoms with Crippen LogP contribution in [-0.2, 0) is 4.79 Å². The molecule has 29 heavy (non-hydrogen) atoms. The van der Waals surface area contributed by atoms with Crippen LogP contribution in [0, 0.1) is 20.2 Å². The second kappa shape index (κ2) is 9.05. The van der Waals surface area contributed by atoms with Gasteiger partial charge in [-0.2, -0.15) is 0 Å². The fourth-order valence-electron chi connectivity index (χ4n) is 2.32. The Kier molecular flexibility index (Phi) is 6.77. The van der Waals surface area contributed by atoms with E-state index in [-0.39, 0.29) is 27.4 Å². The number of azo groups is 1. The lowest BCUT2D eigenvalue weighted by Crippen LogP contribution is -2.06. The molecule has 2 aromatic rings. The molecule has 0 atom stereocenters. The number of nitro groups is 2. The van der Waals surface area contributed by atoms with Crippen LogP contribution in [0.15, 0.2) is 39.0 Å². The Bertz CT molecular complexity index is 1030. The van der Waals surface area contributed by atoms with Crippen molar-refractivity contribution in [1.29, 1.82) is 0 Å². The van der Waals surface area contributed by atoms with Gasteiger partial charge in [0.1, 0.15) is 11.4 Å². The smallest absolute Gasteiger partial charge is 0.304 e. The van der Waals surface area contributed by atoms with E-state index in [0.29, 0.717) is 11.4 Å². The normalized spacial score (nSPS) is 10.6. The largest absolute Gasteiger partial charge is 0.495 e. The zero-order valence-corrected chi connectivity index (χ0v) is 17.0. The van der Waals surface area contributed by atoms with Crippen LogP contribution in [0.4, 0.5) is 34.1 Å². The number of halogens is 1. The van der Waals surface area contributed by atoms with Crippen molar-refractivity contribution in [2.75, 3.05) is 24.8 Å². The average molecular weight is 467 g/mol. The van der Waals surface area contributed by atoms with Crippen LogP contribution in [0.1, 0.15) is 6.92 Å². The fourth-order valence-corrected chi connectivity index (χ4v) is 2.84. The number of nitrogens with one attached hydrogen (secondary N) is 2. The quantitative estimate of drug-likeness (QED) is 0.339. The van der Waals surface area contributed by atoms with Gasteiger partial charge >= 0.3 is 5.69 Å². The third-order valence-electron chi connectivity index (χ3n) is 3.59. The number of carbonyl (C=O) groups excluding carboxylic acids is 1. The Morgan fingerprint density at radius 1 is 1.10 bits per heavy atom. The summed E-state index contributed by atoms with van der Waals surface area (Å²) in [5, 5.41) is 35.6. The molecule has 13 heteroatoms. The number of nitrogens with zero attached hydrogens (tertiary/aromatic N) is 4. The predicted molar refractivity (Wildman–Crippen MR) is 108 cm³/mol. The molecule has 0 saturated heterocycles. The Morgan fingerprint density at radius 2 is 1.79 bits per heavy atom. The highest BCUT2D eigenvalue weighted by Crippen LogP contribution is 2.42. The molecule has 12 nitrogen and oxygen atoms in total. The predicted octanol–water partition coefficient (Wildman–Crippen LogP) is 4.69. The summed E-state index contributed by atoms with van der Waals surface area (Å²) in [6.07, 6.45) is 0. The minimum absolute atomic E-state index is 0.0158. The molecule has 2 N–H and O–H groups in total. The first-order chi connectivity index (χ1) is 13.7. The lowest BCUT2D eigenvalue weighted by atomic mass is 10.2. The van der Waals surface area contributed by atoms with Gasteiger partial charge < -0.3 is 15.4 Å². The zero-order valence-electron chi connectivity index (χ0n) is 15.4. The van der Waals surface area contributed by atoms with Gasteiger partial charge in [0.15, 0.2) is 5.69 Å². The van der Waals surface area contributed by atoms with Crippen molar-refractivity contribution in [1.82, 2.24) is 0 Å². The monoisotopic (exact) mass is 466 g/mol. The van der Waals surface area contributed by atoms with Crippen LogP contribution in [0.3, 0.4) is 0 Å². The van der Waals surface area contributed by atoms with Crippen LogP contribution in [0.2, 0.25) is 0 Å². The molecule has 0 aliphatic rings. The highest BCUT2D eigenvalue weighted by atomic mass is 79.9. The number of ether oxygens (including phenoxy) is 1. The topological polar surface area (TPSA) is 161 Å². The number of non-ortho nitro benzene ring substituents is 1. The van der Waals surface area contributed by atoms with E-state index < -0.39 is 21.2 Å². The molecule has 0 aliphatic carbocycles. The lowest BCUT2D eigenvalue weighted by Gasteiger charge is -2.13. The maximum atomic E-state index is 11.5. The summed E-state index contributed by atoms with van der Waals surface area (Å²) >= 11 is 3.05. The standard InChI is InChI=1S/C16H15BrN6O6/c1-8(24)19-11-6-13(18-2)15(29-3)7-12(11)20-21-16-10(17)4-9(22(25)26)5-14(16)23(27)28/h4-7,18H,1-3H3,(H,19,24). The molecule has 2 rings (SSSR count). The number of nitro benzene ring substituents is 2. The van der Waals surface area contributed by atoms with Crippen molar-refractivity contribution < 1.29 is 19.4 Å². The fraction of sp³-hybridized carbons (Fsp3) is 0.188. The number of hydrogen-bond acceptors (Lipinski definition) is 9. The first-order valence-electron chi connectivity index (χ1n) is 7.89. The van der Waals surface area contributed by atoms with Gasteiger partial charge in [-0.1, -0.05) is 0 Å². The van der Waals surface area contributed by atoms with E-state index in [0.717, 1.165) is 12.1 Å².